The van der Waals surface area contributed by atoms with Crippen molar-refractivity contribution in [2.75, 3.05) is 6.54 Å². The number of hydrogen-bond acceptors (Lipinski definition) is 4. The maximum absolute atomic E-state index is 4.40. The predicted molar refractivity (Wildman–Crippen MR) is 66.6 cm³/mol. The number of aryl methyl sites for hydroxylation is 1. The van der Waals surface area contributed by atoms with E-state index in [2.05, 4.69) is 33.2 Å². The third-order valence-corrected chi connectivity index (χ3v) is 3.97. The largest absolute Gasteiger partial charge is 0.310 e. The van der Waals surface area contributed by atoms with E-state index in [4.69, 9.17) is 0 Å². The highest BCUT2D eigenvalue weighted by Gasteiger charge is 1.98. The number of rotatable bonds is 5. The zero-order chi connectivity index (χ0) is 10.5. The molecule has 0 fully saturated rings. The van der Waals surface area contributed by atoms with Gasteiger partial charge >= 0.3 is 0 Å². The molecule has 80 valence electrons. The molecule has 0 saturated carbocycles. The summed E-state index contributed by atoms with van der Waals surface area (Å²) in [4.78, 5) is 5.85. The van der Waals surface area contributed by atoms with E-state index in [0.29, 0.717) is 0 Å². The van der Waals surface area contributed by atoms with Crippen molar-refractivity contribution in [2.45, 2.75) is 19.9 Å². The van der Waals surface area contributed by atoms with E-state index >= 15 is 0 Å². The average molecular weight is 238 g/mol. The lowest BCUT2D eigenvalue weighted by Gasteiger charge is -2.00. The zero-order valence-electron chi connectivity index (χ0n) is 8.69. The molecule has 0 unspecified atom stereocenters. The third kappa shape index (κ3) is 3.41. The Labute approximate surface area is 98.0 Å². The molecule has 0 aliphatic rings. The maximum Gasteiger partial charge on any atom is 0.107 e. The first-order chi connectivity index (χ1) is 7.34. The number of hydrogen-bond donors (Lipinski definition) is 1. The molecule has 0 saturated heterocycles. The van der Waals surface area contributed by atoms with Gasteiger partial charge in [0.25, 0.3) is 0 Å². The van der Waals surface area contributed by atoms with Crippen molar-refractivity contribution in [1.82, 2.24) is 10.3 Å². The van der Waals surface area contributed by atoms with Crippen LogP contribution >= 0.6 is 22.7 Å². The van der Waals surface area contributed by atoms with Crippen molar-refractivity contribution in [1.29, 1.82) is 0 Å². The summed E-state index contributed by atoms with van der Waals surface area (Å²) < 4.78 is 0. The van der Waals surface area contributed by atoms with E-state index < -0.39 is 0 Å². The van der Waals surface area contributed by atoms with Crippen molar-refractivity contribution >= 4 is 22.7 Å². The molecule has 0 aliphatic carbocycles. The van der Waals surface area contributed by atoms with E-state index in [1.54, 1.807) is 11.3 Å². The van der Waals surface area contributed by atoms with Crippen LogP contribution < -0.4 is 5.32 Å². The molecule has 15 heavy (non-hydrogen) atoms. The smallest absolute Gasteiger partial charge is 0.107 e. The van der Waals surface area contributed by atoms with Crippen LogP contribution in [0.1, 0.15) is 15.6 Å². The van der Waals surface area contributed by atoms with Gasteiger partial charge in [0.15, 0.2) is 0 Å². The number of aromatic nitrogens is 1. The Morgan fingerprint density at radius 3 is 3.00 bits per heavy atom. The molecule has 2 nitrogen and oxygen atoms in total. The molecule has 0 bridgehead atoms. The summed E-state index contributed by atoms with van der Waals surface area (Å²) in [5.41, 5.74) is 1.12. The van der Waals surface area contributed by atoms with Crippen LogP contribution in [0.5, 0.6) is 0 Å². The molecule has 0 spiro atoms. The highest BCUT2D eigenvalue weighted by molar-refractivity contribution is 7.10. The van der Waals surface area contributed by atoms with Crippen LogP contribution in [0, 0.1) is 6.92 Å². The van der Waals surface area contributed by atoms with Crippen molar-refractivity contribution in [2.24, 2.45) is 0 Å². The van der Waals surface area contributed by atoms with E-state index in [0.717, 1.165) is 25.2 Å². The lowest BCUT2D eigenvalue weighted by atomic mass is 10.3. The van der Waals surface area contributed by atoms with Gasteiger partial charge in [-0.05, 0) is 24.8 Å². The fourth-order valence-electron chi connectivity index (χ4n) is 1.35. The minimum atomic E-state index is 0.893. The van der Waals surface area contributed by atoms with E-state index in [9.17, 15) is 0 Å². The molecule has 2 rings (SSSR count). The highest BCUT2D eigenvalue weighted by Crippen LogP contribution is 2.09. The van der Waals surface area contributed by atoms with Crippen LogP contribution in [0.4, 0.5) is 0 Å². The molecule has 0 aliphatic heterocycles. The van der Waals surface area contributed by atoms with E-state index in [1.165, 1.54) is 9.88 Å². The second-order valence-corrected chi connectivity index (χ2v) is 5.36. The molecular weight excluding hydrogens is 224 g/mol. The molecule has 0 atom stereocenters. The Hall–Kier alpha value is -0.710. The molecule has 1 N–H and O–H groups in total. The van der Waals surface area contributed by atoms with Crippen molar-refractivity contribution in [3.05, 3.63) is 38.5 Å². The summed E-state index contributed by atoms with van der Waals surface area (Å²) in [6, 6.07) is 4.28. The Morgan fingerprint density at radius 1 is 1.40 bits per heavy atom. The summed E-state index contributed by atoms with van der Waals surface area (Å²) in [7, 11) is 0. The van der Waals surface area contributed by atoms with Crippen molar-refractivity contribution in [3.63, 3.8) is 0 Å². The van der Waals surface area contributed by atoms with Gasteiger partial charge in [-0.1, -0.05) is 6.07 Å². The van der Waals surface area contributed by atoms with Crippen LogP contribution in [-0.2, 0) is 13.0 Å². The summed E-state index contributed by atoms with van der Waals surface area (Å²) in [5, 5.41) is 8.81. The summed E-state index contributed by atoms with van der Waals surface area (Å²) in [5.74, 6) is 0. The lowest BCUT2D eigenvalue weighted by molar-refractivity contribution is 0.686. The van der Waals surface area contributed by atoms with Gasteiger partial charge in [-0.25, -0.2) is 4.98 Å². The monoisotopic (exact) mass is 238 g/mol. The summed E-state index contributed by atoms with van der Waals surface area (Å²) in [6.07, 6.45) is 1.11. The minimum absolute atomic E-state index is 0.893. The molecular formula is C11H14N2S2. The topological polar surface area (TPSA) is 24.9 Å². The molecule has 0 aromatic carbocycles. The first kappa shape index (κ1) is 10.8. The van der Waals surface area contributed by atoms with Gasteiger partial charge in [-0.3, -0.25) is 0 Å². The quantitative estimate of drug-likeness (QED) is 0.810. The van der Waals surface area contributed by atoms with E-state index in [-0.39, 0.29) is 0 Å². The minimum Gasteiger partial charge on any atom is -0.310 e. The highest BCUT2D eigenvalue weighted by atomic mass is 32.1. The lowest BCUT2D eigenvalue weighted by Crippen LogP contribution is -2.16. The summed E-state index contributed by atoms with van der Waals surface area (Å²) in [6.45, 7) is 3.95. The average Bonchev–Trinajstić information content (AvgIpc) is 2.84. The van der Waals surface area contributed by atoms with Crippen LogP contribution in [0.3, 0.4) is 0 Å². The van der Waals surface area contributed by atoms with Gasteiger partial charge in [0.2, 0.25) is 0 Å². The summed E-state index contributed by atoms with van der Waals surface area (Å²) >= 11 is 3.55. The number of nitrogens with zero attached hydrogens (tertiary/aromatic N) is 1. The number of thiazole rings is 1. The molecule has 0 amide bonds. The second-order valence-electron chi connectivity index (χ2n) is 3.39. The number of nitrogens with one attached hydrogen (secondary N) is 1. The molecule has 2 aromatic rings. The first-order valence-corrected chi connectivity index (χ1v) is 6.74. The van der Waals surface area contributed by atoms with Gasteiger partial charge in [0, 0.05) is 29.0 Å². The number of thiophene rings is 1. The molecule has 2 aromatic heterocycles. The maximum atomic E-state index is 4.40. The van der Waals surface area contributed by atoms with Gasteiger partial charge in [0.1, 0.15) is 5.01 Å². The van der Waals surface area contributed by atoms with Crippen molar-refractivity contribution < 1.29 is 0 Å². The van der Waals surface area contributed by atoms with Gasteiger partial charge in [-0.2, -0.15) is 0 Å². The normalized spacial score (nSPS) is 10.7. The zero-order valence-corrected chi connectivity index (χ0v) is 10.3. The van der Waals surface area contributed by atoms with Gasteiger partial charge in [-0.15, -0.1) is 22.7 Å². The SMILES string of the molecule is Cc1csc(CNCCc2cccs2)n1. The second kappa shape index (κ2) is 5.39. The Balaban J connectivity index is 1.67. The van der Waals surface area contributed by atoms with Gasteiger partial charge < -0.3 is 5.32 Å². The fraction of sp³-hybridized carbons (Fsp3) is 0.364. The van der Waals surface area contributed by atoms with Crippen LogP contribution in [0.25, 0.3) is 0 Å². The Morgan fingerprint density at radius 2 is 2.33 bits per heavy atom. The standard InChI is InChI=1S/C11H14N2S2/c1-9-8-15-11(13-9)7-12-5-4-10-3-2-6-14-10/h2-3,6,8,12H,4-5,7H2,1H3. The first-order valence-electron chi connectivity index (χ1n) is 4.99. The Bertz CT molecular complexity index is 392. The molecule has 2 heterocycles. The van der Waals surface area contributed by atoms with Crippen molar-refractivity contribution in [3.8, 4) is 0 Å². The van der Waals surface area contributed by atoms with Gasteiger partial charge in [0.05, 0.1) is 0 Å². The van der Waals surface area contributed by atoms with Crippen LogP contribution in [-0.4, -0.2) is 11.5 Å². The third-order valence-electron chi connectivity index (χ3n) is 2.07. The predicted octanol–water partition coefficient (Wildman–Crippen LogP) is 2.85. The van der Waals surface area contributed by atoms with Crippen LogP contribution in [0.2, 0.25) is 0 Å². The fourth-order valence-corrected chi connectivity index (χ4v) is 2.80. The van der Waals surface area contributed by atoms with E-state index in [1.807, 2.05) is 18.3 Å². The Kier molecular flexibility index (Phi) is 3.88. The van der Waals surface area contributed by atoms with Crippen LogP contribution in [0.15, 0.2) is 22.9 Å². The molecule has 4 heteroatoms. The molecule has 0 radical (unpaired) electrons.